The number of nitrogens with one attached hydrogen (secondary N) is 1. The van der Waals surface area contributed by atoms with Crippen LogP contribution in [0.15, 0.2) is 12.1 Å². The Labute approximate surface area is 108 Å². The van der Waals surface area contributed by atoms with Gasteiger partial charge in [-0.05, 0) is 31.3 Å². The van der Waals surface area contributed by atoms with Crippen LogP contribution in [0.5, 0.6) is 0 Å². The average molecular weight is 247 g/mol. The van der Waals surface area contributed by atoms with Gasteiger partial charge in [-0.1, -0.05) is 12.5 Å². The third-order valence-corrected chi connectivity index (χ3v) is 3.17. The number of hydrogen-bond acceptors (Lipinski definition) is 4. The van der Waals surface area contributed by atoms with E-state index >= 15 is 0 Å². The van der Waals surface area contributed by atoms with Crippen molar-refractivity contribution in [2.45, 2.75) is 38.7 Å². The number of aromatic nitrogens is 2. The van der Waals surface area contributed by atoms with Gasteiger partial charge in [-0.25, -0.2) is 9.97 Å². The fourth-order valence-electron chi connectivity index (χ4n) is 2.23. The van der Waals surface area contributed by atoms with E-state index in [0.29, 0.717) is 6.61 Å². The summed E-state index contributed by atoms with van der Waals surface area (Å²) in [6.45, 7) is 0.454. The Balaban J connectivity index is 2.29. The highest BCUT2D eigenvalue weighted by atomic mass is 16.5. The number of hydrogen-bond donors (Lipinski definition) is 1. The topological polar surface area (TPSA) is 47.0 Å². The molecule has 1 heterocycles. The molecule has 0 saturated heterocycles. The molecule has 1 N–H and O–H groups in total. The van der Waals surface area contributed by atoms with Gasteiger partial charge >= 0.3 is 0 Å². The minimum atomic E-state index is 0.454. The SMILES string of the molecule is CNc1cc(C2=CCCCCC2)nc(COC)n1. The van der Waals surface area contributed by atoms with Gasteiger partial charge in [-0.3, -0.25) is 0 Å². The van der Waals surface area contributed by atoms with Crippen LogP contribution in [-0.4, -0.2) is 24.1 Å². The highest BCUT2D eigenvalue weighted by Crippen LogP contribution is 2.26. The predicted octanol–water partition coefficient (Wildman–Crippen LogP) is 3.01. The zero-order valence-electron chi connectivity index (χ0n) is 11.2. The summed E-state index contributed by atoms with van der Waals surface area (Å²) < 4.78 is 5.12. The number of ether oxygens (including phenoxy) is 1. The third-order valence-electron chi connectivity index (χ3n) is 3.17. The average Bonchev–Trinajstić information content (AvgIpc) is 2.67. The van der Waals surface area contributed by atoms with Gasteiger partial charge in [-0.15, -0.1) is 0 Å². The van der Waals surface area contributed by atoms with Crippen molar-refractivity contribution >= 4 is 11.4 Å². The zero-order valence-corrected chi connectivity index (χ0v) is 11.2. The van der Waals surface area contributed by atoms with Crippen LogP contribution in [-0.2, 0) is 11.3 Å². The molecule has 0 amide bonds. The first-order chi connectivity index (χ1) is 8.83. The summed E-state index contributed by atoms with van der Waals surface area (Å²) in [7, 11) is 3.55. The Morgan fingerprint density at radius 1 is 1.28 bits per heavy atom. The zero-order chi connectivity index (χ0) is 12.8. The van der Waals surface area contributed by atoms with E-state index in [1.807, 2.05) is 13.1 Å². The molecule has 0 bridgehead atoms. The van der Waals surface area contributed by atoms with E-state index < -0.39 is 0 Å². The number of rotatable bonds is 4. The molecule has 0 atom stereocenters. The smallest absolute Gasteiger partial charge is 0.157 e. The highest BCUT2D eigenvalue weighted by molar-refractivity contribution is 5.64. The Kier molecular flexibility index (Phi) is 4.70. The van der Waals surface area contributed by atoms with E-state index in [1.54, 1.807) is 7.11 Å². The third kappa shape index (κ3) is 3.29. The molecule has 0 aromatic carbocycles. The van der Waals surface area contributed by atoms with Crippen molar-refractivity contribution in [1.82, 2.24) is 9.97 Å². The summed E-state index contributed by atoms with van der Waals surface area (Å²) in [6.07, 6.45) is 8.46. The standard InChI is InChI=1S/C14H21N3O/c1-15-13-9-12(16-14(17-13)10-18-2)11-7-5-3-4-6-8-11/h7,9H,3-6,8,10H2,1-2H3,(H,15,16,17). The molecular weight excluding hydrogens is 226 g/mol. The molecule has 0 spiro atoms. The highest BCUT2D eigenvalue weighted by Gasteiger charge is 2.10. The Morgan fingerprint density at radius 2 is 2.17 bits per heavy atom. The van der Waals surface area contributed by atoms with Gasteiger partial charge in [0.1, 0.15) is 12.4 Å². The first-order valence-corrected chi connectivity index (χ1v) is 6.57. The van der Waals surface area contributed by atoms with Gasteiger partial charge in [0.15, 0.2) is 5.82 Å². The summed E-state index contributed by atoms with van der Waals surface area (Å²) >= 11 is 0. The van der Waals surface area contributed by atoms with E-state index in [9.17, 15) is 0 Å². The van der Waals surface area contributed by atoms with Crippen molar-refractivity contribution in [2.75, 3.05) is 19.5 Å². The van der Waals surface area contributed by atoms with Gasteiger partial charge in [0.25, 0.3) is 0 Å². The van der Waals surface area contributed by atoms with Crippen molar-refractivity contribution in [3.8, 4) is 0 Å². The van der Waals surface area contributed by atoms with Gasteiger partial charge in [0.05, 0.1) is 5.69 Å². The van der Waals surface area contributed by atoms with E-state index in [1.165, 1.54) is 24.8 Å². The lowest BCUT2D eigenvalue weighted by molar-refractivity contribution is 0.178. The summed E-state index contributed by atoms with van der Waals surface area (Å²) in [5.74, 6) is 1.60. The van der Waals surface area contributed by atoms with E-state index in [2.05, 4.69) is 21.4 Å². The van der Waals surface area contributed by atoms with E-state index in [4.69, 9.17) is 4.74 Å². The maximum absolute atomic E-state index is 5.12. The van der Waals surface area contributed by atoms with Crippen molar-refractivity contribution < 1.29 is 4.74 Å². The number of methoxy groups -OCH3 is 1. The largest absolute Gasteiger partial charge is 0.377 e. The number of nitrogens with zero attached hydrogens (tertiary/aromatic N) is 2. The predicted molar refractivity (Wildman–Crippen MR) is 73.4 cm³/mol. The van der Waals surface area contributed by atoms with Gasteiger partial charge in [0.2, 0.25) is 0 Å². The first kappa shape index (κ1) is 13.0. The molecule has 4 nitrogen and oxygen atoms in total. The summed E-state index contributed by atoms with van der Waals surface area (Å²) in [4.78, 5) is 8.98. The molecule has 1 aliphatic rings. The fourth-order valence-corrected chi connectivity index (χ4v) is 2.23. The number of anilines is 1. The van der Waals surface area contributed by atoms with Crippen molar-refractivity contribution in [1.29, 1.82) is 0 Å². The lowest BCUT2D eigenvalue weighted by Gasteiger charge is -2.09. The molecule has 0 saturated carbocycles. The minimum Gasteiger partial charge on any atom is -0.377 e. The molecular formula is C14H21N3O. The molecule has 0 fully saturated rings. The van der Waals surface area contributed by atoms with Crippen LogP contribution in [0, 0.1) is 0 Å². The molecule has 0 unspecified atom stereocenters. The second-order valence-electron chi connectivity index (χ2n) is 4.57. The molecule has 0 radical (unpaired) electrons. The van der Waals surface area contributed by atoms with Gasteiger partial charge in [-0.2, -0.15) is 0 Å². The molecule has 1 aromatic heterocycles. The molecule has 2 rings (SSSR count). The van der Waals surface area contributed by atoms with Crippen molar-refractivity contribution in [2.24, 2.45) is 0 Å². The maximum atomic E-state index is 5.12. The lowest BCUT2D eigenvalue weighted by atomic mass is 10.1. The summed E-state index contributed by atoms with van der Waals surface area (Å²) in [5, 5.41) is 3.09. The normalized spacial score (nSPS) is 16.0. The quantitative estimate of drug-likeness (QED) is 0.888. The van der Waals surface area contributed by atoms with E-state index in [-0.39, 0.29) is 0 Å². The molecule has 0 aliphatic heterocycles. The molecule has 1 aliphatic carbocycles. The van der Waals surface area contributed by atoms with Crippen LogP contribution < -0.4 is 5.32 Å². The van der Waals surface area contributed by atoms with Gasteiger partial charge in [0, 0.05) is 20.2 Å². The van der Waals surface area contributed by atoms with Crippen LogP contribution in [0.4, 0.5) is 5.82 Å². The van der Waals surface area contributed by atoms with Crippen LogP contribution in [0.25, 0.3) is 5.57 Å². The van der Waals surface area contributed by atoms with Crippen molar-refractivity contribution in [3.63, 3.8) is 0 Å². The fraction of sp³-hybridized carbons (Fsp3) is 0.571. The van der Waals surface area contributed by atoms with E-state index in [0.717, 1.165) is 30.2 Å². The Morgan fingerprint density at radius 3 is 2.94 bits per heavy atom. The second kappa shape index (κ2) is 6.50. The Bertz CT molecular complexity index is 429. The van der Waals surface area contributed by atoms with Crippen LogP contribution in [0.1, 0.15) is 43.6 Å². The summed E-state index contributed by atoms with van der Waals surface area (Å²) in [5.41, 5.74) is 2.40. The van der Waals surface area contributed by atoms with Crippen molar-refractivity contribution in [3.05, 3.63) is 23.7 Å². The minimum absolute atomic E-state index is 0.454. The molecule has 4 heteroatoms. The first-order valence-electron chi connectivity index (χ1n) is 6.57. The molecule has 18 heavy (non-hydrogen) atoms. The maximum Gasteiger partial charge on any atom is 0.157 e. The summed E-state index contributed by atoms with van der Waals surface area (Å²) in [6, 6.07) is 2.02. The monoisotopic (exact) mass is 247 g/mol. The lowest BCUT2D eigenvalue weighted by Crippen LogP contribution is -2.04. The number of allylic oxidation sites excluding steroid dienone is 2. The van der Waals surface area contributed by atoms with Gasteiger partial charge < -0.3 is 10.1 Å². The van der Waals surface area contributed by atoms with Crippen LogP contribution >= 0.6 is 0 Å². The Hall–Kier alpha value is -1.42. The molecule has 98 valence electrons. The van der Waals surface area contributed by atoms with Crippen LogP contribution in [0.2, 0.25) is 0 Å². The second-order valence-corrected chi connectivity index (χ2v) is 4.57. The molecule has 1 aromatic rings. The van der Waals surface area contributed by atoms with Crippen LogP contribution in [0.3, 0.4) is 0 Å².